The second-order valence-electron chi connectivity index (χ2n) is 4.68. The Kier molecular flexibility index (Phi) is 4.33. The van der Waals surface area contributed by atoms with E-state index in [9.17, 15) is 13.2 Å². The van der Waals surface area contributed by atoms with Crippen molar-refractivity contribution in [3.63, 3.8) is 0 Å². The largest absolute Gasteiger partial charge is 0.303 e. The van der Waals surface area contributed by atoms with E-state index in [2.05, 4.69) is 15.9 Å². The van der Waals surface area contributed by atoms with Crippen molar-refractivity contribution in [1.29, 1.82) is 0 Å². The molecule has 5 heteroatoms. The minimum Gasteiger partial charge on any atom is -0.303 e. The van der Waals surface area contributed by atoms with Gasteiger partial charge in [0.15, 0.2) is 0 Å². The quantitative estimate of drug-likeness (QED) is 0.817. The molecule has 1 nitrogen and oxygen atoms in total. The zero-order valence-electron chi connectivity index (χ0n) is 9.93. The summed E-state index contributed by atoms with van der Waals surface area (Å²) in [6, 6.07) is 4.56. The fourth-order valence-electron chi connectivity index (χ4n) is 2.12. The predicted molar refractivity (Wildman–Crippen MR) is 68.4 cm³/mol. The van der Waals surface area contributed by atoms with Crippen LogP contribution in [0.3, 0.4) is 0 Å². The Morgan fingerprint density at radius 3 is 2.56 bits per heavy atom. The second-order valence-corrected chi connectivity index (χ2v) is 5.54. The van der Waals surface area contributed by atoms with Crippen molar-refractivity contribution in [3.8, 4) is 0 Å². The Hall–Kier alpha value is -0.550. The van der Waals surface area contributed by atoms with Crippen LogP contribution in [0.5, 0.6) is 0 Å². The third-order valence-electron chi connectivity index (χ3n) is 3.29. The van der Waals surface area contributed by atoms with Gasteiger partial charge in [0, 0.05) is 36.9 Å². The predicted octanol–water partition coefficient (Wildman–Crippen LogP) is 3.86. The lowest BCUT2D eigenvalue weighted by Gasteiger charge is -2.31. The summed E-state index contributed by atoms with van der Waals surface area (Å²) in [7, 11) is 0. The molecule has 1 aromatic carbocycles. The van der Waals surface area contributed by atoms with E-state index in [4.69, 9.17) is 0 Å². The number of hydrogen-bond acceptors (Lipinski definition) is 1. The summed E-state index contributed by atoms with van der Waals surface area (Å²) in [6.45, 7) is 1.53. The van der Waals surface area contributed by atoms with Gasteiger partial charge in [-0.3, -0.25) is 0 Å². The average Bonchev–Trinajstić information content (AvgIpc) is 2.32. The molecule has 1 fully saturated rings. The molecule has 0 saturated carbocycles. The highest BCUT2D eigenvalue weighted by atomic mass is 79.9. The molecule has 0 spiro atoms. The standard InChI is InChI=1S/C13H15BrF3N/c14-12-2-1-11(15)9-10(12)3-6-18-7-4-13(16,17)5-8-18/h1-2,9H,3-8H2. The number of rotatable bonds is 3. The summed E-state index contributed by atoms with van der Waals surface area (Å²) in [4.78, 5) is 2.01. The maximum absolute atomic E-state index is 13.1. The molecule has 100 valence electrons. The molecule has 1 aliphatic rings. The summed E-state index contributed by atoms with van der Waals surface area (Å²) >= 11 is 3.37. The van der Waals surface area contributed by atoms with Crippen molar-refractivity contribution in [2.45, 2.75) is 25.2 Å². The second kappa shape index (κ2) is 5.61. The van der Waals surface area contributed by atoms with Crippen LogP contribution in [0.1, 0.15) is 18.4 Å². The average molecular weight is 322 g/mol. The van der Waals surface area contributed by atoms with Crippen molar-refractivity contribution in [3.05, 3.63) is 34.1 Å². The van der Waals surface area contributed by atoms with Gasteiger partial charge in [-0.25, -0.2) is 13.2 Å². The van der Waals surface area contributed by atoms with Crippen LogP contribution in [0, 0.1) is 5.82 Å². The zero-order chi connectivity index (χ0) is 13.2. The molecule has 1 aliphatic heterocycles. The first kappa shape index (κ1) is 13.9. The van der Waals surface area contributed by atoms with E-state index in [1.807, 2.05) is 4.90 Å². The number of piperidine rings is 1. The van der Waals surface area contributed by atoms with Crippen LogP contribution < -0.4 is 0 Å². The molecule has 0 aliphatic carbocycles. The number of alkyl halides is 2. The van der Waals surface area contributed by atoms with Gasteiger partial charge in [-0.05, 0) is 30.2 Å². The SMILES string of the molecule is Fc1ccc(Br)c(CCN2CCC(F)(F)CC2)c1. The molecule has 0 radical (unpaired) electrons. The fraction of sp³-hybridized carbons (Fsp3) is 0.538. The number of hydrogen-bond donors (Lipinski definition) is 0. The summed E-state index contributed by atoms with van der Waals surface area (Å²) in [5.41, 5.74) is 0.882. The number of nitrogens with zero attached hydrogens (tertiary/aromatic N) is 1. The monoisotopic (exact) mass is 321 g/mol. The fourth-order valence-corrected chi connectivity index (χ4v) is 2.56. The zero-order valence-corrected chi connectivity index (χ0v) is 11.5. The van der Waals surface area contributed by atoms with Crippen LogP contribution in [0.15, 0.2) is 22.7 Å². The summed E-state index contributed by atoms with van der Waals surface area (Å²) < 4.78 is 39.9. The van der Waals surface area contributed by atoms with Crippen LogP contribution in [-0.4, -0.2) is 30.5 Å². The van der Waals surface area contributed by atoms with Gasteiger partial charge in [0.25, 0.3) is 5.92 Å². The maximum atomic E-state index is 13.1. The van der Waals surface area contributed by atoms with Crippen molar-refractivity contribution >= 4 is 15.9 Å². The smallest absolute Gasteiger partial charge is 0.250 e. The lowest BCUT2D eigenvalue weighted by molar-refractivity contribution is -0.0548. The van der Waals surface area contributed by atoms with Crippen molar-refractivity contribution in [2.75, 3.05) is 19.6 Å². The summed E-state index contributed by atoms with van der Waals surface area (Å²) in [6.07, 6.45) is 0.526. The van der Waals surface area contributed by atoms with Crippen LogP contribution >= 0.6 is 15.9 Å². The highest BCUT2D eigenvalue weighted by molar-refractivity contribution is 9.10. The number of halogens is 4. The van der Waals surface area contributed by atoms with Crippen molar-refractivity contribution in [1.82, 2.24) is 4.90 Å². The van der Waals surface area contributed by atoms with Crippen LogP contribution in [-0.2, 0) is 6.42 Å². The summed E-state index contributed by atoms with van der Waals surface area (Å²) in [5, 5.41) is 0. The Bertz CT molecular complexity index is 413. The van der Waals surface area contributed by atoms with E-state index in [1.54, 1.807) is 6.07 Å². The van der Waals surface area contributed by atoms with E-state index in [-0.39, 0.29) is 18.7 Å². The molecule has 18 heavy (non-hydrogen) atoms. The van der Waals surface area contributed by atoms with E-state index in [1.165, 1.54) is 12.1 Å². The molecule has 1 saturated heterocycles. The number of likely N-dealkylation sites (tertiary alicyclic amines) is 1. The molecule has 0 bridgehead atoms. The van der Waals surface area contributed by atoms with Gasteiger partial charge in [0.05, 0.1) is 0 Å². The van der Waals surface area contributed by atoms with Gasteiger partial charge < -0.3 is 4.90 Å². The van der Waals surface area contributed by atoms with E-state index in [0.29, 0.717) is 26.1 Å². The lowest BCUT2D eigenvalue weighted by Crippen LogP contribution is -2.40. The minimum atomic E-state index is -2.50. The minimum absolute atomic E-state index is 0.0721. The molecule has 2 rings (SSSR count). The van der Waals surface area contributed by atoms with Gasteiger partial charge in [-0.2, -0.15) is 0 Å². The van der Waals surface area contributed by atoms with Crippen LogP contribution in [0.25, 0.3) is 0 Å². The van der Waals surface area contributed by atoms with Crippen molar-refractivity contribution in [2.24, 2.45) is 0 Å². The van der Waals surface area contributed by atoms with E-state index < -0.39 is 5.92 Å². The normalized spacial score (nSPS) is 20.0. The molecular formula is C13H15BrF3N. The Labute approximate surface area is 113 Å². The molecule has 0 amide bonds. The van der Waals surface area contributed by atoms with Gasteiger partial charge in [0.1, 0.15) is 5.82 Å². The van der Waals surface area contributed by atoms with Gasteiger partial charge in [0.2, 0.25) is 0 Å². The molecule has 0 unspecified atom stereocenters. The highest BCUT2D eigenvalue weighted by Crippen LogP contribution is 2.28. The van der Waals surface area contributed by atoms with Gasteiger partial charge in [-0.15, -0.1) is 0 Å². The summed E-state index contributed by atoms with van der Waals surface area (Å²) in [5.74, 6) is -2.77. The van der Waals surface area contributed by atoms with Crippen molar-refractivity contribution < 1.29 is 13.2 Å². The molecule has 0 N–H and O–H groups in total. The molecule has 0 aromatic heterocycles. The molecular weight excluding hydrogens is 307 g/mol. The Morgan fingerprint density at radius 1 is 1.22 bits per heavy atom. The van der Waals surface area contributed by atoms with Crippen LogP contribution in [0.2, 0.25) is 0 Å². The molecule has 1 aromatic rings. The maximum Gasteiger partial charge on any atom is 0.250 e. The first-order valence-electron chi connectivity index (χ1n) is 6.00. The third-order valence-corrected chi connectivity index (χ3v) is 4.07. The molecule has 0 atom stereocenters. The topological polar surface area (TPSA) is 3.24 Å². The van der Waals surface area contributed by atoms with Crippen LogP contribution in [0.4, 0.5) is 13.2 Å². The first-order chi connectivity index (χ1) is 8.46. The first-order valence-corrected chi connectivity index (χ1v) is 6.80. The number of benzene rings is 1. The van der Waals surface area contributed by atoms with Gasteiger partial charge >= 0.3 is 0 Å². The highest BCUT2D eigenvalue weighted by Gasteiger charge is 2.33. The van der Waals surface area contributed by atoms with Gasteiger partial charge in [-0.1, -0.05) is 15.9 Å². The Balaban J connectivity index is 1.87. The van der Waals surface area contributed by atoms with E-state index >= 15 is 0 Å². The third kappa shape index (κ3) is 3.72. The Morgan fingerprint density at radius 2 is 1.89 bits per heavy atom. The van der Waals surface area contributed by atoms with E-state index in [0.717, 1.165) is 10.0 Å². The molecule has 1 heterocycles. The lowest BCUT2D eigenvalue weighted by atomic mass is 10.1.